The minimum atomic E-state index is 1.10. The highest BCUT2D eigenvalue weighted by molar-refractivity contribution is 7.25. The van der Waals surface area contributed by atoms with E-state index in [1.165, 1.54) is 64.2 Å². The van der Waals surface area contributed by atoms with E-state index in [1.54, 1.807) is 0 Å². The molecule has 0 saturated heterocycles. The van der Waals surface area contributed by atoms with Gasteiger partial charge in [0.2, 0.25) is 0 Å². The fourth-order valence-electron chi connectivity index (χ4n) is 7.66. The molecular formula is C48H32N2S. The molecule has 2 heterocycles. The van der Waals surface area contributed by atoms with Crippen LogP contribution in [0.15, 0.2) is 194 Å². The summed E-state index contributed by atoms with van der Waals surface area (Å²) in [6, 6.07) is 70.3. The molecule has 0 N–H and O–H groups in total. The lowest BCUT2D eigenvalue weighted by Crippen LogP contribution is -2.10. The van der Waals surface area contributed by atoms with Gasteiger partial charge in [-0.1, -0.05) is 121 Å². The van der Waals surface area contributed by atoms with Crippen molar-refractivity contribution in [2.24, 2.45) is 0 Å². The van der Waals surface area contributed by atoms with Gasteiger partial charge in [0.1, 0.15) is 0 Å². The molecule has 0 amide bonds. The van der Waals surface area contributed by atoms with Gasteiger partial charge in [0.15, 0.2) is 0 Å². The van der Waals surface area contributed by atoms with Gasteiger partial charge in [-0.15, -0.1) is 11.3 Å². The summed E-state index contributed by atoms with van der Waals surface area (Å²) in [4.78, 5) is 2.37. The second-order valence-electron chi connectivity index (χ2n) is 13.0. The predicted octanol–water partition coefficient (Wildman–Crippen LogP) is 14.0. The first-order valence-electron chi connectivity index (χ1n) is 17.4. The van der Waals surface area contributed by atoms with Crippen LogP contribution in [0.2, 0.25) is 0 Å². The third kappa shape index (κ3) is 5.01. The molecule has 0 fully saturated rings. The standard InChI is InChI=1S/C48H32N2S/c1-2-12-33(13-3-1)34-24-26-36(27-25-34)49(37-28-30-38(31-29-37)50-44-20-7-4-16-41(44)42-17-5-8-21-45(42)50)39-15-10-14-35(32-39)40-19-11-23-47-48(40)43-18-6-9-22-46(43)51-47/h1-32H. The highest BCUT2D eigenvalue weighted by Crippen LogP contribution is 2.43. The maximum absolute atomic E-state index is 2.37. The average molecular weight is 669 g/mol. The van der Waals surface area contributed by atoms with Crippen molar-refractivity contribution in [3.63, 3.8) is 0 Å². The van der Waals surface area contributed by atoms with Gasteiger partial charge in [-0.05, 0) is 95.1 Å². The maximum Gasteiger partial charge on any atom is 0.0541 e. The van der Waals surface area contributed by atoms with E-state index in [4.69, 9.17) is 0 Å². The molecule has 0 aliphatic heterocycles. The Hall–Kier alpha value is -6.42. The number of hydrogen-bond donors (Lipinski definition) is 0. The Kier molecular flexibility index (Phi) is 7.04. The lowest BCUT2D eigenvalue weighted by Gasteiger charge is -2.26. The minimum absolute atomic E-state index is 1.10. The van der Waals surface area contributed by atoms with Gasteiger partial charge in [-0.2, -0.15) is 0 Å². The van der Waals surface area contributed by atoms with Crippen molar-refractivity contribution in [1.82, 2.24) is 4.57 Å². The fraction of sp³-hybridized carbons (Fsp3) is 0. The van der Waals surface area contributed by atoms with Gasteiger partial charge in [0, 0.05) is 53.7 Å². The molecule has 2 aromatic heterocycles. The molecule has 10 aromatic rings. The van der Waals surface area contributed by atoms with Crippen LogP contribution in [0.1, 0.15) is 0 Å². The molecule has 0 unspecified atom stereocenters. The van der Waals surface area contributed by atoms with Gasteiger partial charge >= 0.3 is 0 Å². The Balaban J connectivity index is 1.12. The van der Waals surface area contributed by atoms with Crippen molar-refractivity contribution in [2.45, 2.75) is 0 Å². The topological polar surface area (TPSA) is 8.17 Å². The normalized spacial score (nSPS) is 11.5. The Morgan fingerprint density at radius 3 is 1.65 bits per heavy atom. The highest BCUT2D eigenvalue weighted by atomic mass is 32.1. The highest BCUT2D eigenvalue weighted by Gasteiger charge is 2.17. The molecule has 8 aromatic carbocycles. The zero-order valence-electron chi connectivity index (χ0n) is 27.8. The summed E-state index contributed by atoms with van der Waals surface area (Å²) in [6.07, 6.45) is 0. The van der Waals surface area contributed by atoms with Crippen molar-refractivity contribution in [3.8, 4) is 27.9 Å². The Bertz CT molecular complexity index is 2790. The van der Waals surface area contributed by atoms with Crippen LogP contribution in [0, 0.1) is 0 Å². The summed E-state index contributed by atoms with van der Waals surface area (Å²) in [6.45, 7) is 0. The van der Waals surface area contributed by atoms with E-state index in [0.717, 1.165) is 22.7 Å². The first kappa shape index (κ1) is 29.5. The molecule has 0 aliphatic carbocycles. The monoisotopic (exact) mass is 668 g/mol. The van der Waals surface area contributed by atoms with E-state index in [-0.39, 0.29) is 0 Å². The zero-order chi connectivity index (χ0) is 33.7. The second kappa shape index (κ2) is 12.2. The molecule has 0 aliphatic rings. The van der Waals surface area contributed by atoms with Crippen LogP contribution in [0.4, 0.5) is 17.1 Å². The van der Waals surface area contributed by atoms with Crippen LogP contribution in [0.25, 0.3) is 69.9 Å². The number of fused-ring (bicyclic) bond motifs is 6. The maximum atomic E-state index is 2.37. The van der Waals surface area contributed by atoms with E-state index in [0.29, 0.717) is 0 Å². The van der Waals surface area contributed by atoms with Crippen LogP contribution in [-0.2, 0) is 0 Å². The largest absolute Gasteiger partial charge is 0.310 e. The molecule has 0 atom stereocenters. The van der Waals surface area contributed by atoms with Crippen LogP contribution < -0.4 is 4.90 Å². The number of thiophene rings is 1. The number of hydrogen-bond acceptors (Lipinski definition) is 2. The molecule has 0 bridgehead atoms. The van der Waals surface area contributed by atoms with E-state index in [1.807, 2.05) is 11.3 Å². The van der Waals surface area contributed by atoms with Gasteiger partial charge in [0.05, 0.1) is 11.0 Å². The second-order valence-corrected chi connectivity index (χ2v) is 14.0. The molecule has 240 valence electrons. The molecular weight excluding hydrogens is 637 g/mol. The van der Waals surface area contributed by atoms with Gasteiger partial charge < -0.3 is 9.47 Å². The van der Waals surface area contributed by atoms with Crippen molar-refractivity contribution in [2.75, 3.05) is 4.90 Å². The smallest absolute Gasteiger partial charge is 0.0541 e. The van der Waals surface area contributed by atoms with Crippen molar-refractivity contribution >= 4 is 70.4 Å². The lowest BCUT2D eigenvalue weighted by atomic mass is 9.98. The number of aromatic nitrogens is 1. The fourth-order valence-corrected chi connectivity index (χ4v) is 8.79. The van der Waals surface area contributed by atoms with E-state index >= 15 is 0 Å². The van der Waals surface area contributed by atoms with Crippen LogP contribution >= 0.6 is 11.3 Å². The van der Waals surface area contributed by atoms with Crippen molar-refractivity contribution in [3.05, 3.63) is 194 Å². The quantitative estimate of drug-likeness (QED) is 0.171. The van der Waals surface area contributed by atoms with Crippen molar-refractivity contribution < 1.29 is 0 Å². The SMILES string of the molecule is c1ccc(-c2ccc(N(c3ccc(-n4c5ccccc5c5ccccc54)cc3)c3cccc(-c4cccc5sc6ccccc6c45)c3)cc2)cc1. The Morgan fingerprint density at radius 2 is 0.922 bits per heavy atom. The number of benzene rings is 8. The lowest BCUT2D eigenvalue weighted by molar-refractivity contribution is 1.17. The van der Waals surface area contributed by atoms with Gasteiger partial charge in [0.25, 0.3) is 0 Å². The molecule has 3 heteroatoms. The molecule has 51 heavy (non-hydrogen) atoms. The summed E-state index contributed by atoms with van der Waals surface area (Å²) in [5, 5.41) is 5.17. The van der Waals surface area contributed by atoms with E-state index in [9.17, 15) is 0 Å². The molecule has 0 spiro atoms. The van der Waals surface area contributed by atoms with Gasteiger partial charge in [-0.3, -0.25) is 0 Å². The van der Waals surface area contributed by atoms with Crippen LogP contribution in [0.3, 0.4) is 0 Å². The summed E-state index contributed by atoms with van der Waals surface area (Å²) in [7, 11) is 0. The van der Waals surface area contributed by atoms with Crippen molar-refractivity contribution in [1.29, 1.82) is 0 Å². The summed E-state index contributed by atoms with van der Waals surface area (Å²) >= 11 is 1.86. The van der Waals surface area contributed by atoms with Crippen LogP contribution in [0.5, 0.6) is 0 Å². The number of nitrogens with zero attached hydrogens (tertiary/aromatic N) is 2. The Morgan fingerprint density at radius 1 is 0.373 bits per heavy atom. The van der Waals surface area contributed by atoms with Gasteiger partial charge in [-0.25, -0.2) is 0 Å². The average Bonchev–Trinajstić information content (AvgIpc) is 3.75. The Labute approximate surface area is 300 Å². The minimum Gasteiger partial charge on any atom is -0.310 e. The third-order valence-corrected chi connectivity index (χ3v) is 11.1. The molecule has 10 rings (SSSR count). The molecule has 0 saturated carbocycles. The first-order valence-corrected chi connectivity index (χ1v) is 18.2. The van der Waals surface area contributed by atoms with E-state index in [2.05, 4.69) is 204 Å². The molecule has 2 nitrogen and oxygen atoms in total. The summed E-state index contributed by atoms with van der Waals surface area (Å²) in [5.41, 5.74) is 11.8. The van der Waals surface area contributed by atoms with E-state index < -0.39 is 0 Å². The zero-order valence-corrected chi connectivity index (χ0v) is 28.6. The summed E-state index contributed by atoms with van der Waals surface area (Å²) in [5.74, 6) is 0. The van der Waals surface area contributed by atoms with Crippen LogP contribution in [-0.4, -0.2) is 4.57 Å². The summed E-state index contributed by atoms with van der Waals surface area (Å²) < 4.78 is 5.01. The first-order chi connectivity index (χ1) is 25.3. The predicted molar refractivity (Wildman–Crippen MR) is 219 cm³/mol. The molecule has 0 radical (unpaired) electrons. The number of anilines is 3. The number of rotatable bonds is 6. The third-order valence-electron chi connectivity index (χ3n) is 10.00. The number of para-hydroxylation sites is 2.